The molecule has 1 aliphatic carbocycles. The Morgan fingerprint density at radius 1 is 1.03 bits per heavy atom. The second kappa shape index (κ2) is 10.5. The summed E-state index contributed by atoms with van der Waals surface area (Å²) in [5, 5.41) is 5.21. The van der Waals surface area contributed by atoms with Crippen molar-refractivity contribution in [3.8, 4) is 0 Å². The molecule has 4 aromatic rings. The van der Waals surface area contributed by atoms with E-state index in [1.54, 1.807) is 24.7 Å². The van der Waals surface area contributed by atoms with Gasteiger partial charge >= 0.3 is 12.1 Å². The first-order valence-electron chi connectivity index (χ1n) is 12.6. The standard InChI is InChI=1S/C29H28F3N3O3/c1-38-28(37)21-6-2-18(3-7-21)15-34-27(36)25-14-24(29(30,31)32)13-22-9-11-35(26(22)25)17-19-4-5-20-8-10-33-16-23(20)12-19/h4-5,8-14,16,18,21H,2-3,6-7,15,17H2,1H3,(H,34,36)/t18-,21-. The molecule has 1 aliphatic rings. The van der Waals surface area contributed by atoms with Crippen LogP contribution in [-0.4, -0.2) is 35.1 Å². The van der Waals surface area contributed by atoms with Gasteiger partial charge in [0.15, 0.2) is 0 Å². The second-order valence-electron chi connectivity index (χ2n) is 9.91. The number of nitrogens with zero attached hydrogens (tertiary/aromatic N) is 2. The van der Waals surface area contributed by atoms with Crippen LogP contribution in [0, 0.1) is 11.8 Å². The fraction of sp³-hybridized carbons (Fsp3) is 0.345. The lowest BCUT2D eigenvalue weighted by molar-refractivity contribution is -0.146. The van der Waals surface area contributed by atoms with Gasteiger partial charge in [-0.15, -0.1) is 0 Å². The number of hydrogen-bond donors (Lipinski definition) is 1. The van der Waals surface area contributed by atoms with Gasteiger partial charge in [-0.05, 0) is 72.9 Å². The summed E-state index contributed by atoms with van der Waals surface area (Å²) in [6.07, 6.45) is 3.44. The zero-order chi connectivity index (χ0) is 26.9. The van der Waals surface area contributed by atoms with Crippen molar-refractivity contribution in [2.45, 2.75) is 38.4 Å². The van der Waals surface area contributed by atoms with Crippen molar-refractivity contribution in [3.05, 3.63) is 77.7 Å². The van der Waals surface area contributed by atoms with Crippen molar-refractivity contribution in [3.63, 3.8) is 0 Å². The third-order valence-corrected chi connectivity index (χ3v) is 7.42. The minimum atomic E-state index is -4.58. The van der Waals surface area contributed by atoms with Gasteiger partial charge < -0.3 is 14.6 Å². The van der Waals surface area contributed by atoms with Crippen LogP contribution in [-0.2, 0) is 22.3 Å². The average molecular weight is 524 g/mol. The van der Waals surface area contributed by atoms with E-state index in [4.69, 9.17) is 4.74 Å². The van der Waals surface area contributed by atoms with Crippen LogP contribution in [0.25, 0.3) is 21.7 Å². The lowest BCUT2D eigenvalue weighted by atomic mass is 9.82. The number of methoxy groups -OCH3 is 1. The van der Waals surface area contributed by atoms with E-state index >= 15 is 0 Å². The number of pyridine rings is 1. The Balaban J connectivity index is 1.40. The van der Waals surface area contributed by atoms with E-state index in [-0.39, 0.29) is 23.4 Å². The van der Waals surface area contributed by atoms with Gasteiger partial charge in [-0.25, -0.2) is 0 Å². The number of esters is 1. The first-order valence-corrected chi connectivity index (χ1v) is 12.6. The van der Waals surface area contributed by atoms with E-state index in [1.807, 2.05) is 28.8 Å². The van der Waals surface area contributed by atoms with Crippen molar-refractivity contribution in [2.24, 2.45) is 11.8 Å². The number of amides is 1. The van der Waals surface area contributed by atoms with Gasteiger partial charge in [-0.2, -0.15) is 13.2 Å². The molecule has 1 fully saturated rings. The molecule has 198 valence electrons. The van der Waals surface area contributed by atoms with Crippen molar-refractivity contribution in [1.82, 2.24) is 14.9 Å². The zero-order valence-electron chi connectivity index (χ0n) is 20.9. The number of aromatic nitrogens is 2. The molecule has 5 rings (SSSR count). The number of fused-ring (bicyclic) bond motifs is 2. The largest absolute Gasteiger partial charge is 0.469 e. The number of alkyl halides is 3. The highest BCUT2D eigenvalue weighted by Crippen LogP contribution is 2.34. The predicted octanol–water partition coefficient (Wildman–Crippen LogP) is 5.97. The van der Waals surface area contributed by atoms with Gasteiger partial charge in [-0.1, -0.05) is 12.1 Å². The van der Waals surface area contributed by atoms with Gasteiger partial charge in [0.25, 0.3) is 5.91 Å². The Morgan fingerprint density at radius 2 is 1.82 bits per heavy atom. The molecule has 0 radical (unpaired) electrons. The van der Waals surface area contributed by atoms with Gasteiger partial charge in [0.05, 0.1) is 29.7 Å². The summed E-state index contributed by atoms with van der Waals surface area (Å²) in [6, 6.07) is 11.5. The summed E-state index contributed by atoms with van der Waals surface area (Å²) in [5.74, 6) is -0.746. The van der Waals surface area contributed by atoms with Gasteiger partial charge in [-0.3, -0.25) is 14.6 Å². The van der Waals surface area contributed by atoms with Crippen LogP contribution in [0.4, 0.5) is 13.2 Å². The first-order chi connectivity index (χ1) is 18.2. The number of hydrogen-bond acceptors (Lipinski definition) is 4. The van der Waals surface area contributed by atoms with Crippen molar-refractivity contribution >= 4 is 33.6 Å². The quantitative estimate of drug-likeness (QED) is 0.316. The van der Waals surface area contributed by atoms with Crippen LogP contribution >= 0.6 is 0 Å². The molecule has 38 heavy (non-hydrogen) atoms. The zero-order valence-corrected chi connectivity index (χ0v) is 20.9. The molecule has 6 nitrogen and oxygen atoms in total. The van der Waals surface area contributed by atoms with Gasteiger partial charge in [0.1, 0.15) is 0 Å². The molecule has 1 saturated carbocycles. The van der Waals surface area contributed by atoms with Gasteiger partial charge in [0, 0.05) is 42.5 Å². The maximum absolute atomic E-state index is 13.7. The van der Waals surface area contributed by atoms with Crippen molar-refractivity contribution in [2.75, 3.05) is 13.7 Å². The summed E-state index contributed by atoms with van der Waals surface area (Å²) >= 11 is 0. The number of carbonyl (C=O) groups excluding carboxylic acids is 2. The highest BCUT2D eigenvalue weighted by atomic mass is 19.4. The number of ether oxygens (including phenoxy) is 1. The number of nitrogens with one attached hydrogen (secondary N) is 1. The molecule has 9 heteroatoms. The van der Waals surface area contributed by atoms with Crippen LogP contribution in [0.5, 0.6) is 0 Å². The highest BCUT2D eigenvalue weighted by Gasteiger charge is 2.33. The maximum atomic E-state index is 13.7. The minimum Gasteiger partial charge on any atom is -0.469 e. The van der Waals surface area contributed by atoms with Crippen molar-refractivity contribution in [1.29, 1.82) is 0 Å². The second-order valence-corrected chi connectivity index (χ2v) is 9.91. The van der Waals surface area contributed by atoms with E-state index in [2.05, 4.69) is 10.3 Å². The van der Waals surface area contributed by atoms with E-state index in [0.717, 1.165) is 41.3 Å². The summed E-state index contributed by atoms with van der Waals surface area (Å²) in [6.45, 7) is 0.723. The first kappa shape index (κ1) is 25.8. The number of rotatable bonds is 6. The van der Waals surface area contributed by atoms with E-state index in [0.29, 0.717) is 36.8 Å². The monoisotopic (exact) mass is 523 g/mol. The number of halogens is 3. The Bertz CT molecular complexity index is 1490. The molecule has 0 atom stereocenters. The lowest BCUT2D eigenvalue weighted by Gasteiger charge is -2.27. The maximum Gasteiger partial charge on any atom is 0.416 e. The molecule has 0 saturated heterocycles. The Labute approximate surface area is 217 Å². The van der Waals surface area contributed by atoms with E-state index in [9.17, 15) is 22.8 Å². The minimum absolute atomic E-state index is 0.00877. The Kier molecular flexibility index (Phi) is 7.10. The summed E-state index contributed by atoms with van der Waals surface area (Å²) in [7, 11) is 1.37. The molecule has 1 N–H and O–H groups in total. The lowest BCUT2D eigenvalue weighted by Crippen LogP contribution is -2.33. The number of carbonyl (C=O) groups is 2. The fourth-order valence-corrected chi connectivity index (χ4v) is 5.35. The van der Waals surface area contributed by atoms with Gasteiger partial charge in [0.2, 0.25) is 0 Å². The van der Waals surface area contributed by atoms with Crippen LogP contribution in [0.3, 0.4) is 0 Å². The average Bonchev–Trinajstić information content (AvgIpc) is 3.33. The SMILES string of the molecule is COC(=O)[C@H]1CC[C@H](CNC(=O)c2cc(C(F)(F)F)cc3ccn(Cc4ccc5ccncc5c4)c23)CC1. The summed E-state index contributed by atoms with van der Waals surface area (Å²) in [5.41, 5.74) is 0.529. The highest BCUT2D eigenvalue weighted by molar-refractivity contribution is 6.06. The van der Waals surface area contributed by atoms with Crippen molar-refractivity contribution < 1.29 is 27.5 Å². The Morgan fingerprint density at radius 3 is 2.55 bits per heavy atom. The summed E-state index contributed by atoms with van der Waals surface area (Å²) in [4.78, 5) is 29.2. The molecular weight excluding hydrogens is 495 g/mol. The number of benzene rings is 2. The molecule has 1 amide bonds. The molecule has 2 aromatic heterocycles. The molecule has 0 spiro atoms. The molecule has 0 aliphatic heterocycles. The fourth-order valence-electron chi connectivity index (χ4n) is 5.35. The van der Waals surface area contributed by atoms with Crippen LogP contribution in [0.2, 0.25) is 0 Å². The molecule has 0 unspecified atom stereocenters. The predicted molar refractivity (Wildman–Crippen MR) is 138 cm³/mol. The van der Waals surface area contributed by atoms with Crippen LogP contribution in [0.15, 0.2) is 61.1 Å². The van der Waals surface area contributed by atoms with E-state index < -0.39 is 17.6 Å². The van der Waals surface area contributed by atoms with Crippen LogP contribution < -0.4 is 5.32 Å². The topological polar surface area (TPSA) is 73.2 Å². The molecule has 2 heterocycles. The Hall–Kier alpha value is -3.88. The molecule has 0 bridgehead atoms. The third kappa shape index (κ3) is 5.37. The third-order valence-electron chi connectivity index (χ3n) is 7.42. The molecular formula is C29H28F3N3O3. The smallest absolute Gasteiger partial charge is 0.416 e. The normalized spacial score (nSPS) is 18.0. The summed E-state index contributed by atoms with van der Waals surface area (Å²) < 4.78 is 47.7. The van der Waals surface area contributed by atoms with E-state index in [1.165, 1.54) is 7.11 Å². The molecule has 2 aromatic carbocycles. The van der Waals surface area contributed by atoms with Crippen LogP contribution in [0.1, 0.15) is 47.2 Å².